The third-order valence-electron chi connectivity index (χ3n) is 4.48. The van der Waals surface area contributed by atoms with E-state index >= 15 is 0 Å². The summed E-state index contributed by atoms with van der Waals surface area (Å²) >= 11 is 0. The van der Waals surface area contributed by atoms with Crippen molar-refractivity contribution >= 4 is 17.5 Å². The van der Waals surface area contributed by atoms with Gasteiger partial charge in [0.1, 0.15) is 5.76 Å². The van der Waals surface area contributed by atoms with E-state index in [0.29, 0.717) is 0 Å². The fourth-order valence-corrected chi connectivity index (χ4v) is 3.09. The van der Waals surface area contributed by atoms with Gasteiger partial charge in [0, 0.05) is 49.3 Å². The topological polar surface area (TPSA) is 32.5 Å². The van der Waals surface area contributed by atoms with Crippen molar-refractivity contribution in [1.82, 2.24) is 4.98 Å². The summed E-state index contributed by atoms with van der Waals surface area (Å²) in [6, 6.07) is 14.6. The minimum atomic E-state index is 0.757. The van der Waals surface area contributed by atoms with Gasteiger partial charge in [0.15, 0.2) is 0 Å². The molecule has 0 bridgehead atoms. The van der Waals surface area contributed by atoms with Crippen LogP contribution >= 0.6 is 0 Å². The van der Waals surface area contributed by atoms with Crippen LogP contribution in [0.3, 0.4) is 0 Å². The summed E-state index contributed by atoms with van der Waals surface area (Å²) < 4.78 is 5.52. The number of anilines is 2. The first-order chi connectivity index (χ1) is 12.2. The van der Waals surface area contributed by atoms with Crippen molar-refractivity contribution in [2.45, 2.75) is 6.54 Å². The summed E-state index contributed by atoms with van der Waals surface area (Å²) in [5.74, 6) is 0.968. The lowest BCUT2D eigenvalue weighted by Crippen LogP contribution is -2.25. The van der Waals surface area contributed by atoms with Gasteiger partial charge in [0.25, 0.3) is 0 Å². The summed E-state index contributed by atoms with van der Waals surface area (Å²) in [5, 5.41) is 0. The summed E-state index contributed by atoms with van der Waals surface area (Å²) in [6.45, 7) is 1.63. The Morgan fingerprint density at radius 3 is 2.72 bits per heavy atom. The predicted octanol–water partition coefficient (Wildman–Crippen LogP) is 4.44. The first kappa shape index (κ1) is 15.5. The molecule has 0 unspecified atom stereocenters. The Kier molecular flexibility index (Phi) is 4.02. The summed E-state index contributed by atoms with van der Waals surface area (Å²) in [4.78, 5) is 9.06. The molecular formula is C21H21N3O. The van der Waals surface area contributed by atoms with Gasteiger partial charge >= 0.3 is 0 Å². The number of fused-ring (bicyclic) bond motifs is 1. The SMILES string of the molecule is CN(C)c1ccc(-c2cc3c(cn2)C=CCN3Cc2ccco2)cc1. The molecule has 0 radical (unpaired) electrons. The number of hydrogen-bond acceptors (Lipinski definition) is 4. The normalized spacial score (nSPS) is 13.0. The van der Waals surface area contributed by atoms with E-state index in [9.17, 15) is 0 Å². The summed E-state index contributed by atoms with van der Waals surface area (Å²) in [7, 11) is 4.09. The number of rotatable bonds is 4. The highest BCUT2D eigenvalue weighted by atomic mass is 16.3. The lowest BCUT2D eigenvalue weighted by atomic mass is 10.1. The smallest absolute Gasteiger partial charge is 0.123 e. The molecule has 0 saturated heterocycles. The molecule has 2 aromatic heterocycles. The molecule has 1 aromatic carbocycles. The van der Waals surface area contributed by atoms with Gasteiger partial charge in [0.05, 0.1) is 18.5 Å². The van der Waals surface area contributed by atoms with E-state index in [4.69, 9.17) is 4.42 Å². The van der Waals surface area contributed by atoms with Crippen molar-refractivity contribution < 1.29 is 4.42 Å². The fourth-order valence-electron chi connectivity index (χ4n) is 3.09. The molecule has 3 heterocycles. The van der Waals surface area contributed by atoms with Gasteiger partial charge < -0.3 is 14.2 Å². The van der Waals surface area contributed by atoms with Crippen molar-refractivity contribution in [3.8, 4) is 11.3 Å². The van der Waals surface area contributed by atoms with Crippen LogP contribution in [0.1, 0.15) is 11.3 Å². The Bertz CT molecular complexity index is 880. The molecule has 0 fully saturated rings. The Balaban J connectivity index is 1.66. The van der Waals surface area contributed by atoms with Crippen LogP contribution in [0, 0.1) is 0 Å². The number of nitrogens with zero attached hydrogens (tertiary/aromatic N) is 3. The molecule has 0 aliphatic carbocycles. The van der Waals surface area contributed by atoms with Gasteiger partial charge in [-0.05, 0) is 30.3 Å². The molecule has 1 aliphatic rings. The zero-order valence-electron chi connectivity index (χ0n) is 14.5. The molecule has 126 valence electrons. The second kappa shape index (κ2) is 6.48. The highest BCUT2D eigenvalue weighted by molar-refractivity contribution is 5.76. The van der Waals surface area contributed by atoms with E-state index in [1.165, 1.54) is 11.4 Å². The van der Waals surface area contributed by atoms with Gasteiger partial charge in [-0.25, -0.2) is 0 Å². The average Bonchev–Trinajstić information content (AvgIpc) is 3.15. The molecule has 0 amide bonds. The lowest BCUT2D eigenvalue weighted by Gasteiger charge is -2.27. The van der Waals surface area contributed by atoms with Crippen molar-refractivity contribution in [2.24, 2.45) is 0 Å². The predicted molar refractivity (Wildman–Crippen MR) is 103 cm³/mol. The van der Waals surface area contributed by atoms with Crippen LogP contribution in [0.4, 0.5) is 11.4 Å². The molecule has 25 heavy (non-hydrogen) atoms. The van der Waals surface area contributed by atoms with E-state index in [0.717, 1.165) is 35.7 Å². The molecule has 0 saturated carbocycles. The number of benzene rings is 1. The number of hydrogen-bond donors (Lipinski definition) is 0. The zero-order chi connectivity index (χ0) is 17.2. The van der Waals surface area contributed by atoms with Gasteiger partial charge in [-0.15, -0.1) is 0 Å². The van der Waals surface area contributed by atoms with Gasteiger partial charge in [0.2, 0.25) is 0 Å². The van der Waals surface area contributed by atoms with Crippen molar-refractivity contribution in [3.63, 3.8) is 0 Å². The van der Waals surface area contributed by atoms with E-state index < -0.39 is 0 Å². The van der Waals surface area contributed by atoms with Crippen LogP contribution in [0.2, 0.25) is 0 Å². The average molecular weight is 331 g/mol. The Morgan fingerprint density at radius 1 is 1.16 bits per heavy atom. The van der Waals surface area contributed by atoms with Gasteiger partial charge in [-0.1, -0.05) is 24.3 Å². The first-order valence-corrected chi connectivity index (χ1v) is 8.42. The first-order valence-electron chi connectivity index (χ1n) is 8.42. The molecule has 1 aliphatic heterocycles. The second-order valence-electron chi connectivity index (χ2n) is 6.43. The van der Waals surface area contributed by atoms with Crippen LogP contribution in [0.15, 0.2) is 65.4 Å². The molecule has 3 aromatic rings. The van der Waals surface area contributed by atoms with Gasteiger partial charge in [-0.3, -0.25) is 4.98 Å². The highest BCUT2D eigenvalue weighted by Crippen LogP contribution is 2.31. The number of furan rings is 1. The maximum atomic E-state index is 5.52. The van der Waals surface area contributed by atoms with Crippen molar-refractivity contribution in [1.29, 1.82) is 0 Å². The monoisotopic (exact) mass is 331 g/mol. The van der Waals surface area contributed by atoms with E-state index in [1.54, 1.807) is 6.26 Å². The fraction of sp³-hybridized carbons (Fsp3) is 0.190. The molecule has 0 N–H and O–H groups in total. The maximum Gasteiger partial charge on any atom is 0.123 e. The molecule has 0 spiro atoms. The molecule has 4 heteroatoms. The standard InChI is InChI=1S/C21H21N3O/c1-23(2)18-9-7-16(8-10-18)20-13-21-17(14-22-20)5-3-11-24(21)15-19-6-4-12-25-19/h3-10,12-14H,11,15H2,1-2H3. The number of pyridine rings is 1. The third-order valence-corrected chi connectivity index (χ3v) is 4.48. The van der Waals surface area contributed by atoms with Crippen LogP contribution < -0.4 is 9.80 Å². The van der Waals surface area contributed by atoms with Crippen LogP contribution in [-0.2, 0) is 6.54 Å². The van der Waals surface area contributed by atoms with Crippen LogP contribution in [0.5, 0.6) is 0 Å². The van der Waals surface area contributed by atoms with E-state index in [2.05, 4.69) is 57.3 Å². The molecular weight excluding hydrogens is 310 g/mol. The lowest BCUT2D eigenvalue weighted by molar-refractivity contribution is 0.505. The Hall–Kier alpha value is -3.01. The second-order valence-corrected chi connectivity index (χ2v) is 6.43. The summed E-state index contributed by atoms with van der Waals surface area (Å²) in [6.07, 6.45) is 7.98. The Morgan fingerprint density at radius 2 is 2.00 bits per heavy atom. The quantitative estimate of drug-likeness (QED) is 0.707. The van der Waals surface area contributed by atoms with E-state index in [1.807, 2.05) is 32.4 Å². The third kappa shape index (κ3) is 3.15. The van der Waals surface area contributed by atoms with Crippen LogP contribution in [0.25, 0.3) is 17.3 Å². The Labute approximate surface area is 148 Å². The van der Waals surface area contributed by atoms with Crippen LogP contribution in [-0.4, -0.2) is 25.6 Å². The molecule has 4 nitrogen and oxygen atoms in total. The highest BCUT2D eigenvalue weighted by Gasteiger charge is 2.16. The summed E-state index contributed by atoms with van der Waals surface area (Å²) in [5.41, 5.74) is 5.64. The van der Waals surface area contributed by atoms with Crippen molar-refractivity contribution in [3.05, 3.63) is 72.3 Å². The minimum Gasteiger partial charge on any atom is -0.467 e. The zero-order valence-corrected chi connectivity index (χ0v) is 14.5. The van der Waals surface area contributed by atoms with E-state index in [-0.39, 0.29) is 0 Å². The minimum absolute atomic E-state index is 0.757. The molecule has 4 rings (SSSR count). The largest absolute Gasteiger partial charge is 0.467 e. The van der Waals surface area contributed by atoms with Crippen molar-refractivity contribution in [2.75, 3.05) is 30.4 Å². The number of aromatic nitrogens is 1. The molecule has 0 atom stereocenters. The maximum absolute atomic E-state index is 5.52. The van der Waals surface area contributed by atoms with Gasteiger partial charge in [-0.2, -0.15) is 0 Å².